The van der Waals surface area contributed by atoms with E-state index in [1.807, 2.05) is 18.2 Å². The second-order valence-electron chi connectivity index (χ2n) is 5.84. The molecular weight excluding hydrogens is 274 g/mol. The summed E-state index contributed by atoms with van der Waals surface area (Å²) in [5, 5.41) is 11.9. The topological polar surface area (TPSA) is 61.5 Å². The van der Waals surface area contributed by atoms with Crippen molar-refractivity contribution in [3.05, 3.63) is 24.3 Å². The van der Waals surface area contributed by atoms with Gasteiger partial charge in [-0.05, 0) is 37.9 Å². The molecule has 0 fully saturated rings. The highest BCUT2D eigenvalue weighted by atomic mass is 16.3. The number of nitrogens with two attached hydrogens (primary N) is 1. The van der Waals surface area contributed by atoms with Gasteiger partial charge in [-0.25, -0.2) is 5.43 Å². The van der Waals surface area contributed by atoms with Gasteiger partial charge in [-0.2, -0.15) is 0 Å². The monoisotopic (exact) mass is 307 g/mol. The molecule has 0 unspecified atom stereocenters. The highest BCUT2D eigenvalue weighted by Gasteiger charge is 2.06. The third kappa shape index (κ3) is 8.25. The fraction of sp³-hybridized carbons (Fsp3) is 0.667. The second-order valence-corrected chi connectivity index (χ2v) is 5.84. The maximum absolute atomic E-state index is 9.68. The van der Waals surface area contributed by atoms with Crippen molar-refractivity contribution >= 4 is 5.69 Å². The fourth-order valence-electron chi connectivity index (χ4n) is 2.49. The lowest BCUT2D eigenvalue weighted by Crippen LogP contribution is -2.39. The van der Waals surface area contributed by atoms with E-state index in [0.717, 1.165) is 38.2 Å². The molecule has 22 heavy (non-hydrogen) atoms. The van der Waals surface area contributed by atoms with Crippen LogP contribution in [0.3, 0.4) is 0 Å². The molecule has 0 aromatic heterocycles. The zero-order chi connectivity index (χ0) is 16.0. The van der Waals surface area contributed by atoms with Crippen molar-refractivity contribution in [3.8, 4) is 5.75 Å². The molecule has 1 rings (SSSR count). The highest BCUT2D eigenvalue weighted by Crippen LogP contribution is 2.19. The van der Waals surface area contributed by atoms with Crippen LogP contribution in [-0.2, 0) is 0 Å². The van der Waals surface area contributed by atoms with Crippen molar-refractivity contribution in [2.45, 2.75) is 58.3 Å². The Hall–Kier alpha value is -1.26. The van der Waals surface area contributed by atoms with Gasteiger partial charge in [0.25, 0.3) is 0 Å². The lowest BCUT2D eigenvalue weighted by atomic mass is 10.2. The van der Waals surface area contributed by atoms with E-state index in [2.05, 4.69) is 17.4 Å². The van der Waals surface area contributed by atoms with E-state index in [-0.39, 0.29) is 0 Å². The number of phenolic OH excluding ortho intramolecular Hbond substituents is 1. The van der Waals surface area contributed by atoms with Gasteiger partial charge >= 0.3 is 0 Å². The van der Waals surface area contributed by atoms with Crippen molar-refractivity contribution in [3.63, 3.8) is 0 Å². The molecule has 4 nitrogen and oxygen atoms in total. The molecule has 1 aromatic carbocycles. The molecule has 0 atom stereocenters. The normalized spacial score (nSPS) is 10.8. The average molecular weight is 307 g/mol. The minimum absolute atomic E-state index is 0.318. The molecule has 0 spiro atoms. The van der Waals surface area contributed by atoms with Crippen molar-refractivity contribution in [1.82, 2.24) is 5.43 Å². The van der Waals surface area contributed by atoms with Gasteiger partial charge in [-0.1, -0.05) is 45.1 Å². The molecular formula is C18H33N3O. The quantitative estimate of drug-likeness (QED) is 0.383. The fourth-order valence-corrected chi connectivity index (χ4v) is 2.49. The minimum Gasteiger partial charge on any atom is -0.508 e. The third-order valence-corrected chi connectivity index (χ3v) is 3.81. The van der Waals surface area contributed by atoms with Crippen LogP contribution in [0.4, 0.5) is 5.69 Å². The van der Waals surface area contributed by atoms with E-state index in [4.69, 9.17) is 5.73 Å². The van der Waals surface area contributed by atoms with Gasteiger partial charge in [0.2, 0.25) is 0 Å². The van der Waals surface area contributed by atoms with Crippen molar-refractivity contribution in [2.24, 2.45) is 5.73 Å². The van der Waals surface area contributed by atoms with Crippen LogP contribution in [0.1, 0.15) is 58.3 Å². The number of phenols is 1. The molecule has 4 N–H and O–H groups in total. The molecule has 1 aromatic rings. The van der Waals surface area contributed by atoms with Crippen LogP contribution in [0.15, 0.2) is 24.3 Å². The summed E-state index contributed by atoms with van der Waals surface area (Å²) in [6.07, 6.45) is 9.66. The zero-order valence-electron chi connectivity index (χ0n) is 14.1. The molecule has 0 saturated carbocycles. The summed E-state index contributed by atoms with van der Waals surface area (Å²) < 4.78 is 0. The molecule has 4 heteroatoms. The smallest absolute Gasteiger partial charge is 0.117 e. The van der Waals surface area contributed by atoms with Crippen LogP contribution in [0.2, 0.25) is 0 Å². The van der Waals surface area contributed by atoms with Gasteiger partial charge < -0.3 is 15.8 Å². The first-order valence-corrected chi connectivity index (χ1v) is 8.78. The van der Waals surface area contributed by atoms with Crippen LogP contribution in [0.5, 0.6) is 5.75 Å². The maximum Gasteiger partial charge on any atom is 0.117 e. The lowest BCUT2D eigenvalue weighted by molar-refractivity contribution is 0.474. The first-order chi connectivity index (χ1) is 10.8. The van der Waals surface area contributed by atoms with Crippen LogP contribution in [0, 0.1) is 0 Å². The number of rotatable bonds is 13. The van der Waals surface area contributed by atoms with Crippen molar-refractivity contribution in [2.75, 3.05) is 24.6 Å². The standard InChI is InChI=1S/C18H33N3O/c1-2-3-4-8-14-20-21(15-9-6-5-7-13-19)17-11-10-12-18(22)16-17/h10-12,16,20,22H,2-9,13-15,19H2,1H3. The Morgan fingerprint density at radius 2 is 1.82 bits per heavy atom. The Balaban J connectivity index is 2.42. The summed E-state index contributed by atoms with van der Waals surface area (Å²) in [6, 6.07) is 7.46. The molecule has 126 valence electrons. The third-order valence-electron chi connectivity index (χ3n) is 3.81. The van der Waals surface area contributed by atoms with E-state index < -0.39 is 0 Å². The number of nitrogens with zero attached hydrogens (tertiary/aromatic N) is 1. The Labute approximate surface area is 135 Å². The maximum atomic E-state index is 9.68. The molecule has 0 heterocycles. The van der Waals surface area contributed by atoms with E-state index in [0.29, 0.717) is 5.75 Å². The van der Waals surface area contributed by atoms with E-state index >= 15 is 0 Å². The largest absolute Gasteiger partial charge is 0.508 e. The molecule has 0 aliphatic heterocycles. The molecule has 0 bridgehead atoms. The van der Waals surface area contributed by atoms with Crippen LogP contribution < -0.4 is 16.2 Å². The number of hydrogen-bond donors (Lipinski definition) is 3. The second kappa shape index (κ2) is 12.3. The number of nitrogens with one attached hydrogen (secondary N) is 1. The SMILES string of the molecule is CCCCCCNN(CCCCCCN)c1cccc(O)c1. The highest BCUT2D eigenvalue weighted by molar-refractivity contribution is 5.49. The number of aromatic hydroxyl groups is 1. The number of unbranched alkanes of at least 4 members (excludes halogenated alkanes) is 6. The lowest BCUT2D eigenvalue weighted by Gasteiger charge is -2.26. The summed E-state index contributed by atoms with van der Waals surface area (Å²) in [7, 11) is 0. The molecule has 0 saturated heterocycles. The summed E-state index contributed by atoms with van der Waals surface area (Å²) in [5.74, 6) is 0.318. The van der Waals surface area contributed by atoms with E-state index in [9.17, 15) is 5.11 Å². The van der Waals surface area contributed by atoms with Gasteiger partial charge in [-0.3, -0.25) is 0 Å². The number of hydrazine groups is 1. The molecule has 0 radical (unpaired) electrons. The zero-order valence-corrected chi connectivity index (χ0v) is 14.1. The first-order valence-electron chi connectivity index (χ1n) is 8.78. The summed E-state index contributed by atoms with van der Waals surface area (Å²) in [4.78, 5) is 0. The number of hydrogen-bond acceptors (Lipinski definition) is 4. The predicted octanol–water partition coefficient (Wildman–Crippen LogP) is 3.80. The Bertz CT molecular complexity index is 370. The van der Waals surface area contributed by atoms with Crippen molar-refractivity contribution < 1.29 is 5.11 Å². The minimum atomic E-state index is 0.318. The van der Waals surface area contributed by atoms with Crippen LogP contribution in [0.25, 0.3) is 0 Å². The van der Waals surface area contributed by atoms with Crippen molar-refractivity contribution in [1.29, 1.82) is 0 Å². The van der Waals surface area contributed by atoms with Crippen LogP contribution >= 0.6 is 0 Å². The van der Waals surface area contributed by atoms with Gasteiger partial charge in [-0.15, -0.1) is 0 Å². The summed E-state index contributed by atoms with van der Waals surface area (Å²) in [5.41, 5.74) is 10.1. The number of anilines is 1. The van der Waals surface area contributed by atoms with Gasteiger partial charge in [0, 0.05) is 19.2 Å². The molecule has 0 aliphatic rings. The summed E-state index contributed by atoms with van der Waals surface area (Å²) >= 11 is 0. The Morgan fingerprint density at radius 3 is 2.55 bits per heavy atom. The van der Waals surface area contributed by atoms with Gasteiger partial charge in [0.05, 0.1) is 5.69 Å². The predicted molar refractivity (Wildman–Crippen MR) is 95.1 cm³/mol. The first kappa shape index (κ1) is 18.8. The summed E-state index contributed by atoms with van der Waals surface area (Å²) in [6.45, 7) is 4.96. The van der Waals surface area contributed by atoms with E-state index in [1.54, 1.807) is 6.07 Å². The average Bonchev–Trinajstić information content (AvgIpc) is 2.52. The Morgan fingerprint density at radius 1 is 1.05 bits per heavy atom. The van der Waals surface area contributed by atoms with E-state index in [1.165, 1.54) is 38.5 Å². The van der Waals surface area contributed by atoms with Gasteiger partial charge in [0.15, 0.2) is 0 Å². The van der Waals surface area contributed by atoms with Crippen LogP contribution in [-0.4, -0.2) is 24.7 Å². The Kier molecular flexibility index (Phi) is 10.5. The molecule has 0 aliphatic carbocycles. The molecule has 0 amide bonds. The number of benzene rings is 1. The van der Waals surface area contributed by atoms with Gasteiger partial charge in [0.1, 0.15) is 5.75 Å².